The van der Waals surface area contributed by atoms with Gasteiger partial charge in [0.1, 0.15) is 0 Å². The Kier molecular flexibility index (Phi) is 17.0. The van der Waals surface area contributed by atoms with E-state index in [0.717, 1.165) is 32.5 Å². The Hall–Kier alpha value is -0.570. The van der Waals surface area contributed by atoms with E-state index in [2.05, 4.69) is 6.92 Å². The SMILES string of the molecule is CCCCCCCCCCCCOCCCCCC(=O)O. The lowest BCUT2D eigenvalue weighted by Gasteiger charge is -2.04. The van der Waals surface area contributed by atoms with Crippen LogP contribution in [0.5, 0.6) is 0 Å². The van der Waals surface area contributed by atoms with Gasteiger partial charge < -0.3 is 9.84 Å². The van der Waals surface area contributed by atoms with Crippen molar-refractivity contribution in [3.63, 3.8) is 0 Å². The van der Waals surface area contributed by atoms with Crippen molar-refractivity contribution in [2.24, 2.45) is 0 Å². The quantitative estimate of drug-likeness (QED) is 0.357. The molecule has 0 aliphatic heterocycles. The summed E-state index contributed by atoms with van der Waals surface area (Å²) in [6, 6.07) is 0. The smallest absolute Gasteiger partial charge is 0.303 e. The molecule has 0 saturated heterocycles. The molecule has 21 heavy (non-hydrogen) atoms. The number of aliphatic carboxylic acids is 1. The van der Waals surface area contributed by atoms with Crippen LogP contribution in [0, 0.1) is 0 Å². The van der Waals surface area contributed by atoms with Crippen LogP contribution in [0.15, 0.2) is 0 Å². The van der Waals surface area contributed by atoms with Gasteiger partial charge >= 0.3 is 5.97 Å². The number of carboxylic acid groups (broad SMARTS) is 1. The number of ether oxygens (including phenoxy) is 1. The van der Waals surface area contributed by atoms with Crippen molar-refractivity contribution in [1.82, 2.24) is 0 Å². The second-order valence-corrected chi connectivity index (χ2v) is 6.00. The first-order chi connectivity index (χ1) is 10.3. The van der Waals surface area contributed by atoms with Crippen molar-refractivity contribution >= 4 is 5.97 Å². The van der Waals surface area contributed by atoms with Crippen molar-refractivity contribution < 1.29 is 14.6 Å². The zero-order chi connectivity index (χ0) is 15.6. The summed E-state index contributed by atoms with van der Waals surface area (Å²) in [6.45, 7) is 3.92. The van der Waals surface area contributed by atoms with Crippen molar-refractivity contribution in [2.45, 2.75) is 96.8 Å². The lowest BCUT2D eigenvalue weighted by Crippen LogP contribution is -1.98. The fourth-order valence-electron chi connectivity index (χ4n) is 2.45. The summed E-state index contributed by atoms with van der Waals surface area (Å²) in [5.74, 6) is -0.693. The minimum atomic E-state index is -0.693. The minimum absolute atomic E-state index is 0.290. The first-order valence-corrected chi connectivity index (χ1v) is 9.07. The third-order valence-electron chi connectivity index (χ3n) is 3.82. The van der Waals surface area contributed by atoms with Gasteiger partial charge in [-0.25, -0.2) is 0 Å². The molecule has 0 aliphatic carbocycles. The first kappa shape index (κ1) is 20.4. The minimum Gasteiger partial charge on any atom is -0.481 e. The molecule has 0 bridgehead atoms. The largest absolute Gasteiger partial charge is 0.481 e. The lowest BCUT2D eigenvalue weighted by molar-refractivity contribution is -0.137. The Morgan fingerprint density at radius 3 is 1.62 bits per heavy atom. The van der Waals surface area contributed by atoms with Gasteiger partial charge in [0.2, 0.25) is 0 Å². The molecule has 0 aromatic carbocycles. The Morgan fingerprint density at radius 2 is 1.14 bits per heavy atom. The number of unbranched alkanes of at least 4 members (excludes halogenated alkanes) is 11. The molecular weight excluding hydrogens is 264 g/mol. The van der Waals surface area contributed by atoms with Gasteiger partial charge in [-0.3, -0.25) is 4.79 Å². The standard InChI is InChI=1S/C18H36O3/c1-2-3-4-5-6-7-8-9-10-13-16-21-17-14-11-12-15-18(19)20/h2-17H2,1H3,(H,19,20). The molecule has 0 radical (unpaired) electrons. The van der Waals surface area contributed by atoms with Gasteiger partial charge in [0.25, 0.3) is 0 Å². The first-order valence-electron chi connectivity index (χ1n) is 9.07. The fourth-order valence-corrected chi connectivity index (χ4v) is 2.45. The molecule has 0 rings (SSSR count). The summed E-state index contributed by atoms with van der Waals surface area (Å²) >= 11 is 0. The van der Waals surface area contributed by atoms with Crippen LogP contribution in [-0.2, 0) is 9.53 Å². The predicted molar refractivity (Wildman–Crippen MR) is 88.8 cm³/mol. The molecule has 0 aromatic heterocycles. The molecule has 0 atom stereocenters. The van der Waals surface area contributed by atoms with Crippen LogP contribution < -0.4 is 0 Å². The van der Waals surface area contributed by atoms with E-state index in [0.29, 0.717) is 6.42 Å². The summed E-state index contributed by atoms with van der Waals surface area (Å²) in [5, 5.41) is 8.50. The van der Waals surface area contributed by atoms with Crippen LogP contribution in [0.4, 0.5) is 0 Å². The van der Waals surface area contributed by atoms with Crippen LogP contribution in [0.3, 0.4) is 0 Å². The molecule has 3 heteroatoms. The number of carbonyl (C=O) groups is 1. The van der Waals surface area contributed by atoms with E-state index in [-0.39, 0.29) is 0 Å². The molecular formula is C18H36O3. The highest BCUT2D eigenvalue weighted by Gasteiger charge is 1.97. The van der Waals surface area contributed by atoms with Crippen molar-refractivity contribution in [1.29, 1.82) is 0 Å². The van der Waals surface area contributed by atoms with E-state index in [1.54, 1.807) is 0 Å². The van der Waals surface area contributed by atoms with Gasteiger partial charge in [0, 0.05) is 19.6 Å². The Balaban J connectivity index is 2.95. The molecule has 0 spiro atoms. The van der Waals surface area contributed by atoms with Gasteiger partial charge in [-0.2, -0.15) is 0 Å². The van der Waals surface area contributed by atoms with Crippen molar-refractivity contribution in [3.8, 4) is 0 Å². The topological polar surface area (TPSA) is 46.5 Å². The summed E-state index contributed by atoms with van der Waals surface area (Å²) in [6.07, 6.45) is 16.6. The molecule has 0 saturated carbocycles. The molecule has 0 fully saturated rings. The lowest BCUT2D eigenvalue weighted by atomic mass is 10.1. The monoisotopic (exact) mass is 300 g/mol. The Bertz CT molecular complexity index is 217. The number of hydrogen-bond donors (Lipinski definition) is 1. The fraction of sp³-hybridized carbons (Fsp3) is 0.944. The average Bonchev–Trinajstić information content (AvgIpc) is 2.46. The summed E-state index contributed by atoms with van der Waals surface area (Å²) in [5.41, 5.74) is 0. The molecule has 0 aliphatic rings. The van der Waals surface area contributed by atoms with Crippen molar-refractivity contribution in [3.05, 3.63) is 0 Å². The summed E-state index contributed by atoms with van der Waals surface area (Å²) < 4.78 is 5.57. The van der Waals surface area contributed by atoms with Crippen LogP contribution in [0.2, 0.25) is 0 Å². The molecule has 0 unspecified atom stereocenters. The second-order valence-electron chi connectivity index (χ2n) is 6.00. The van der Waals surface area contributed by atoms with E-state index in [1.165, 1.54) is 64.2 Å². The third-order valence-corrected chi connectivity index (χ3v) is 3.82. The van der Waals surface area contributed by atoms with Gasteiger partial charge in [-0.15, -0.1) is 0 Å². The van der Waals surface area contributed by atoms with Crippen LogP contribution in [0.1, 0.15) is 96.8 Å². The second kappa shape index (κ2) is 17.5. The van der Waals surface area contributed by atoms with E-state index < -0.39 is 5.97 Å². The van der Waals surface area contributed by atoms with Gasteiger partial charge in [-0.1, -0.05) is 71.1 Å². The highest BCUT2D eigenvalue weighted by molar-refractivity contribution is 5.66. The van der Waals surface area contributed by atoms with Gasteiger partial charge in [0.15, 0.2) is 0 Å². The number of carboxylic acids is 1. The zero-order valence-corrected chi connectivity index (χ0v) is 14.1. The molecule has 0 heterocycles. The predicted octanol–water partition coefficient (Wildman–Crippen LogP) is 5.57. The highest BCUT2D eigenvalue weighted by atomic mass is 16.5. The third kappa shape index (κ3) is 19.4. The maximum atomic E-state index is 10.3. The maximum Gasteiger partial charge on any atom is 0.303 e. The van der Waals surface area contributed by atoms with E-state index >= 15 is 0 Å². The summed E-state index contributed by atoms with van der Waals surface area (Å²) in [7, 11) is 0. The molecule has 0 aromatic rings. The van der Waals surface area contributed by atoms with E-state index in [4.69, 9.17) is 9.84 Å². The average molecular weight is 300 g/mol. The molecule has 126 valence electrons. The Labute approximate surface area is 131 Å². The summed E-state index contributed by atoms with van der Waals surface area (Å²) in [4.78, 5) is 10.3. The number of rotatable bonds is 17. The molecule has 3 nitrogen and oxygen atoms in total. The molecule has 0 amide bonds. The molecule has 1 N–H and O–H groups in total. The highest BCUT2D eigenvalue weighted by Crippen LogP contribution is 2.10. The van der Waals surface area contributed by atoms with E-state index in [1.807, 2.05) is 0 Å². The van der Waals surface area contributed by atoms with E-state index in [9.17, 15) is 4.79 Å². The van der Waals surface area contributed by atoms with Crippen LogP contribution in [0.25, 0.3) is 0 Å². The Morgan fingerprint density at radius 1 is 0.714 bits per heavy atom. The number of hydrogen-bond acceptors (Lipinski definition) is 2. The van der Waals surface area contributed by atoms with Crippen molar-refractivity contribution in [2.75, 3.05) is 13.2 Å². The van der Waals surface area contributed by atoms with Gasteiger partial charge in [-0.05, 0) is 19.3 Å². The van der Waals surface area contributed by atoms with Gasteiger partial charge in [0.05, 0.1) is 0 Å². The van der Waals surface area contributed by atoms with Crippen LogP contribution in [-0.4, -0.2) is 24.3 Å². The normalized spacial score (nSPS) is 10.9. The van der Waals surface area contributed by atoms with Crippen LogP contribution >= 0.6 is 0 Å². The zero-order valence-electron chi connectivity index (χ0n) is 14.1. The maximum absolute atomic E-state index is 10.3.